The maximum atomic E-state index is 13.3. The first kappa shape index (κ1) is 33.1. The number of anilines is 2. The normalized spacial score (nSPS) is 19.1. The molecule has 2 aromatic carbocycles. The molecule has 11 nitrogen and oxygen atoms in total. The van der Waals surface area contributed by atoms with E-state index in [0.29, 0.717) is 60.6 Å². The summed E-state index contributed by atoms with van der Waals surface area (Å²) in [6.45, 7) is 2.88. The predicted molar refractivity (Wildman–Crippen MR) is 191 cm³/mol. The molecule has 7 rings (SSSR count). The number of nitrogens with one attached hydrogen (secondary N) is 1. The minimum Gasteiger partial charge on any atom is -0.497 e. The smallest absolute Gasteiger partial charge is 0.229 e. The highest BCUT2D eigenvalue weighted by Crippen LogP contribution is 2.57. The summed E-state index contributed by atoms with van der Waals surface area (Å²) in [4.78, 5) is 29.8. The van der Waals surface area contributed by atoms with Crippen molar-refractivity contribution >= 4 is 28.3 Å². The van der Waals surface area contributed by atoms with Crippen LogP contribution < -0.4 is 29.2 Å². The first-order valence-corrected chi connectivity index (χ1v) is 16.7. The van der Waals surface area contributed by atoms with Gasteiger partial charge in [-0.25, -0.2) is 9.97 Å². The van der Waals surface area contributed by atoms with Crippen LogP contribution in [-0.4, -0.2) is 60.5 Å². The summed E-state index contributed by atoms with van der Waals surface area (Å²) in [5.41, 5.74) is 4.52. The number of aliphatic hydroxyl groups excluding tert-OH is 1. The largest absolute Gasteiger partial charge is 0.497 e. The third kappa shape index (κ3) is 6.48. The number of hydrogen-bond donors (Lipinski definition) is 2. The van der Waals surface area contributed by atoms with Gasteiger partial charge in [0.1, 0.15) is 34.6 Å². The van der Waals surface area contributed by atoms with Crippen LogP contribution in [0.5, 0.6) is 23.0 Å². The van der Waals surface area contributed by atoms with Crippen molar-refractivity contribution in [1.29, 1.82) is 0 Å². The Balaban J connectivity index is 1.34. The number of ether oxygens (including phenoxy) is 4. The Morgan fingerprint density at radius 1 is 0.860 bits per heavy atom. The molecule has 11 heteroatoms. The maximum absolute atomic E-state index is 13.3. The van der Waals surface area contributed by atoms with Crippen LogP contribution in [0.1, 0.15) is 29.5 Å². The highest BCUT2D eigenvalue weighted by Gasteiger charge is 2.59. The molecule has 2 fully saturated rings. The van der Waals surface area contributed by atoms with Gasteiger partial charge < -0.3 is 34.3 Å². The molecule has 0 bridgehead atoms. The summed E-state index contributed by atoms with van der Waals surface area (Å²) in [6, 6.07) is 17.4. The lowest BCUT2D eigenvalue weighted by Crippen LogP contribution is -2.24. The number of aromatic nitrogens is 3. The van der Waals surface area contributed by atoms with Crippen molar-refractivity contribution in [3.05, 3.63) is 89.9 Å². The van der Waals surface area contributed by atoms with Crippen molar-refractivity contribution in [2.75, 3.05) is 38.7 Å². The molecule has 3 heterocycles. The van der Waals surface area contributed by atoms with E-state index in [9.17, 15) is 9.90 Å². The van der Waals surface area contributed by atoms with Crippen molar-refractivity contribution in [3.63, 3.8) is 0 Å². The number of methoxy groups -OCH3 is 4. The fourth-order valence-corrected chi connectivity index (χ4v) is 7.30. The van der Waals surface area contributed by atoms with E-state index < -0.39 is 0 Å². The van der Waals surface area contributed by atoms with Gasteiger partial charge in [0.25, 0.3) is 0 Å². The third-order valence-corrected chi connectivity index (χ3v) is 9.99. The van der Waals surface area contributed by atoms with Crippen LogP contribution >= 0.6 is 0 Å². The van der Waals surface area contributed by atoms with E-state index >= 15 is 0 Å². The summed E-state index contributed by atoms with van der Waals surface area (Å²) in [6.07, 6.45) is 6.43. The fourth-order valence-electron chi connectivity index (χ4n) is 7.30. The molecule has 1 unspecified atom stereocenters. The van der Waals surface area contributed by atoms with Crippen LogP contribution in [0.3, 0.4) is 0 Å². The van der Waals surface area contributed by atoms with E-state index in [-0.39, 0.29) is 29.8 Å². The number of fused-ring (bicyclic) bond motifs is 2. The van der Waals surface area contributed by atoms with Crippen molar-refractivity contribution in [1.82, 2.24) is 15.0 Å². The molecule has 2 aliphatic carbocycles. The van der Waals surface area contributed by atoms with Crippen LogP contribution in [0.4, 0.5) is 11.6 Å². The Morgan fingerprint density at radius 2 is 1.50 bits per heavy atom. The molecule has 50 heavy (non-hydrogen) atoms. The number of aliphatic hydroxyl groups is 1. The Morgan fingerprint density at radius 3 is 2.08 bits per heavy atom. The number of rotatable bonds is 12. The van der Waals surface area contributed by atoms with E-state index in [1.54, 1.807) is 40.8 Å². The zero-order valence-corrected chi connectivity index (χ0v) is 28.8. The Labute approximate surface area is 291 Å². The van der Waals surface area contributed by atoms with E-state index in [2.05, 4.69) is 15.2 Å². The molecular weight excluding hydrogens is 634 g/mol. The van der Waals surface area contributed by atoms with Crippen molar-refractivity contribution in [2.45, 2.75) is 39.0 Å². The molecule has 4 atom stereocenters. The summed E-state index contributed by atoms with van der Waals surface area (Å²) in [5, 5.41) is 14.7. The van der Waals surface area contributed by atoms with Gasteiger partial charge >= 0.3 is 0 Å². The van der Waals surface area contributed by atoms with Gasteiger partial charge in [-0.1, -0.05) is 0 Å². The molecule has 1 amide bonds. The number of hydrogen-bond acceptors (Lipinski definition) is 10. The lowest BCUT2D eigenvalue weighted by atomic mass is 10.0. The van der Waals surface area contributed by atoms with Gasteiger partial charge in [-0.05, 0) is 85.0 Å². The molecule has 0 aliphatic heterocycles. The predicted octanol–water partition coefficient (Wildman–Crippen LogP) is 6.20. The first-order valence-electron chi connectivity index (χ1n) is 16.7. The summed E-state index contributed by atoms with van der Waals surface area (Å²) in [5.74, 6) is 4.28. The van der Waals surface area contributed by atoms with Gasteiger partial charge in [0.2, 0.25) is 5.91 Å². The lowest BCUT2D eigenvalue weighted by Gasteiger charge is -2.28. The maximum Gasteiger partial charge on any atom is 0.229 e. The minimum absolute atomic E-state index is 0.0452. The summed E-state index contributed by atoms with van der Waals surface area (Å²) in [7, 11) is 6.54. The topological polar surface area (TPSA) is 128 Å². The van der Waals surface area contributed by atoms with Gasteiger partial charge in [-0.3, -0.25) is 9.78 Å². The molecular formula is C39H41N5O6. The molecule has 3 aromatic heterocycles. The quantitative estimate of drug-likeness (QED) is 0.158. The number of nitrogens with zero attached hydrogens (tertiary/aromatic N) is 4. The SMILES string of the molecule is COc1ccc(CN(Cc2ccc(OC)cc2OC)c2nc(-c3cnccc3C)cc3cc(NC(=O)[C@@H]4[C@@H]5CC(O)C[C@@H]54)ncc23)c(OC)c1. The third-order valence-electron chi connectivity index (χ3n) is 9.99. The second-order valence-electron chi connectivity index (χ2n) is 13.0. The standard InChI is InChI=1S/C39H41N5O6/c1-22-10-11-40-18-31(22)33-12-25-13-36(43-39(46)37-29-14-26(45)15-30(29)37)41-19-32(25)38(42-33)44(20-23-6-8-27(47-2)16-34(23)49-4)21-24-7-9-28(48-3)17-35(24)50-5/h6-13,16-19,26,29-30,37,45H,14-15,20-21H2,1-5H3,(H,41,43,46)/t26?,29-,30+,37-. The number of amides is 1. The van der Waals surface area contributed by atoms with E-state index in [1.165, 1.54) is 0 Å². The number of benzene rings is 2. The van der Waals surface area contributed by atoms with E-state index in [0.717, 1.165) is 38.7 Å². The second kappa shape index (κ2) is 13.8. The van der Waals surface area contributed by atoms with Gasteiger partial charge in [-0.15, -0.1) is 0 Å². The number of pyridine rings is 3. The van der Waals surface area contributed by atoms with Gasteiger partial charge in [0, 0.05) is 71.8 Å². The fraction of sp³-hybridized carbons (Fsp3) is 0.333. The van der Waals surface area contributed by atoms with Gasteiger partial charge in [0.05, 0.1) is 40.2 Å². The minimum atomic E-state index is -0.299. The van der Waals surface area contributed by atoms with Gasteiger partial charge in [-0.2, -0.15) is 0 Å². The zero-order valence-electron chi connectivity index (χ0n) is 28.8. The highest BCUT2D eigenvalue weighted by molar-refractivity contribution is 5.99. The Bertz CT molecular complexity index is 1980. The van der Waals surface area contributed by atoms with Crippen LogP contribution in [0.15, 0.2) is 73.2 Å². The van der Waals surface area contributed by atoms with Crippen LogP contribution in [0.25, 0.3) is 22.0 Å². The van der Waals surface area contributed by atoms with Gasteiger partial charge in [0.15, 0.2) is 0 Å². The van der Waals surface area contributed by atoms with Crippen molar-refractivity contribution in [2.24, 2.45) is 17.8 Å². The summed E-state index contributed by atoms with van der Waals surface area (Å²) >= 11 is 0. The summed E-state index contributed by atoms with van der Waals surface area (Å²) < 4.78 is 22.6. The second-order valence-corrected chi connectivity index (χ2v) is 13.0. The molecule has 0 radical (unpaired) electrons. The molecule has 5 aromatic rings. The Kier molecular flexibility index (Phi) is 9.16. The van der Waals surface area contributed by atoms with E-state index in [1.807, 2.05) is 67.7 Å². The van der Waals surface area contributed by atoms with Crippen LogP contribution in [-0.2, 0) is 17.9 Å². The van der Waals surface area contributed by atoms with Crippen molar-refractivity contribution < 1.29 is 28.8 Å². The number of carbonyl (C=O) groups is 1. The molecule has 0 saturated heterocycles. The van der Waals surface area contributed by atoms with Crippen LogP contribution in [0, 0.1) is 24.7 Å². The van der Waals surface area contributed by atoms with Crippen LogP contribution in [0.2, 0.25) is 0 Å². The highest BCUT2D eigenvalue weighted by atomic mass is 16.5. The average Bonchev–Trinajstić information content (AvgIpc) is 3.66. The zero-order chi connectivity index (χ0) is 34.9. The molecule has 0 spiro atoms. The number of aryl methyl sites for hydroxylation is 1. The molecule has 2 aliphatic rings. The number of carbonyl (C=O) groups excluding carboxylic acids is 1. The monoisotopic (exact) mass is 675 g/mol. The van der Waals surface area contributed by atoms with E-state index in [4.69, 9.17) is 28.9 Å². The lowest BCUT2D eigenvalue weighted by molar-refractivity contribution is -0.118. The van der Waals surface area contributed by atoms with Crippen molar-refractivity contribution in [3.8, 4) is 34.3 Å². The molecule has 258 valence electrons. The average molecular weight is 676 g/mol. The molecule has 2 saturated carbocycles. The Hall–Kier alpha value is -5.42. The molecule has 2 N–H and O–H groups in total. The first-order chi connectivity index (χ1) is 24.3.